The van der Waals surface area contributed by atoms with Crippen LogP contribution in [0, 0.1) is 17.3 Å². The fourth-order valence-electron chi connectivity index (χ4n) is 5.87. The summed E-state index contributed by atoms with van der Waals surface area (Å²) in [6, 6.07) is 3.55. The summed E-state index contributed by atoms with van der Waals surface area (Å²) in [4.78, 5) is 36.1. The van der Waals surface area contributed by atoms with E-state index < -0.39 is 11.9 Å². The first-order chi connectivity index (χ1) is 15.9. The van der Waals surface area contributed by atoms with Gasteiger partial charge in [-0.2, -0.15) is 0 Å². The van der Waals surface area contributed by atoms with Crippen molar-refractivity contribution in [2.75, 3.05) is 0 Å². The van der Waals surface area contributed by atoms with Crippen LogP contribution in [0.4, 0.5) is 0 Å². The summed E-state index contributed by atoms with van der Waals surface area (Å²) >= 11 is 0. The summed E-state index contributed by atoms with van der Waals surface area (Å²) in [7, 11) is 0. The molecule has 1 aromatic rings. The number of Topliss-reactive ketones (excluding diaryl/α,β-unsaturated/α-hetero) is 1. The number of carboxylic acid groups (broad SMARTS) is 1. The van der Waals surface area contributed by atoms with Crippen LogP contribution in [0.3, 0.4) is 0 Å². The molecule has 0 heterocycles. The van der Waals surface area contributed by atoms with Gasteiger partial charge in [-0.1, -0.05) is 60.3 Å². The Morgan fingerprint density at radius 2 is 1.88 bits per heavy atom. The number of carbonyl (C=O) groups excluding carboxylic acids is 2. The lowest BCUT2D eigenvalue weighted by Gasteiger charge is -2.59. The zero-order valence-electron chi connectivity index (χ0n) is 21.0. The highest BCUT2D eigenvalue weighted by atomic mass is 16.5. The van der Waals surface area contributed by atoms with Gasteiger partial charge in [0.2, 0.25) is 0 Å². The van der Waals surface area contributed by atoms with Crippen molar-refractivity contribution >= 4 is 17.7 Å². The van der Waals surface area contributed by atoms with E-state index in [1.165, 1.54) is 6.42 Å². The topological polar surface area (TPSA) is 101 Å². The number of carboxylic acids is 1. The number of phenolic OH excluding ortho intramolecular Hbond substituents is 1. The number of benzene rings is 1. The second-order valence-corrected chi connectivity index (χ2v) is 11.2. The summed E-state index contributed by atoms with van der Waals surface area (Å²) in [5.74, 6) is -1.65. The van der Waals surface area contributed by atoms with E-state index >= 15 is 0 Å². The van der Waals surface area contributed by atoms with Gasteiger partial charge in [0.25, 0.3) is 0 Å². The van der Waals surface area contributed by atoms with Crippen molar-refractivity contribution in [2.45, 2.75) is 90.9 Å². The molecule has 6 heteroatoms. The molecule has 3 atom stereocenters. The van der Waals surface area contributed by atoms with E-state index in [-0.39, 0.29) is 45.9 Å². The quantitative estimate of drug-likeness (QED) is 0.191. The van der Waals surface area contributed by atoms with Crippen molar-refractivity contribution in [3.63, 3.8) is 0 Å². The summed E-state index contributed by atoms with van der Waals surface area (Å²) in [6.45, 7) is 10.5. The van der Waals surface area contributed by atoms with Crippen LogP contribution in [0.15, 0.2) is 24.3 Å². The molecule has 0 aromatic heterocycles. The third-order valence-electron chi connectivity index (χ3n) is 8.14. The van der Waals surface area contributed by atoms with E-state index in [9.17, 15) is 19.5 Å². The molecule has 0 saturated heterocycles. The predicted molar refractivity (Wildman–Crippen MR) is 130 cm³/mol. The maximum atomic E-state index is 12.8. The van der Waals surface area contributed by atoms with Crippen molar-refractivity contribution in [3.05, 3.63) is 35.4 Å². The summed E-state index contributed by atoms with van der Waals surface area (Å²) in [6.07, 6.45) is 8.09. The molecule has 1 aromatic carbocycles. The van der Waals surface area contributed by atoms with Gasteiger partial charge in [-0.05, 0) is 47.3 Å². The third kappa shape index (κ3) is 5.21. The third-order valence-corrected chi connectivity index (χ3v) is 8.14. The molecule has 2 N–H and O–H groups in total. The highest BCUT2D eigenvalue weighted by Gasteiger charge is 2.59. The maximum absolute atomic E-state index is 12.8. The monoisotopic (exact) mass is 470 g/mol. The Kier molecular flexibility index (Phi) is 7.59. The molecule has 2 bridgehead atoms. The average Bonchev–Trinajstić information content (AvgIpc) is 2.74. The lowest BCUT2D eigenvalue weighted by Crippen LogP contribution is -2.56. The van der Waals surface area contributed by atoms with Crippen LogP contribution in [0.1, 0.15) is 96.6 Å². The minimum atomic E-state index is -1.25. The van der Waals surface area contributed by atoms with E-state index in [2.05, 4.69) is 34.6 Å². The molecule has 6 nitrogen and oxygen atoms in total. The van der Waals surface area contributed by atoms with Crippen LogP contribution in [-0.4, -0.2) is 27.9 Å². The number of hydrogen-bond donors (Lipinski definition) is 2. The fourth-order valence-corrected chi connectivity index (χ4v) is 5.87. The van der Waals surface area contributed by atoms with E-state index in [4.69, 9.17) is 9.84 Å². The van der Waals surface area contributed by atoms with Crippen molar-refractivity contribution in [3.8, 4) is 11.5 Å². The molecule has 0 amide bonds. The number of aromatic hydroxyl groups is 1. The molecule has 3 fully saturated rings. The number of unbranched alkanes of at least 4 members (excludes halogenated alkanes) is 3. The summed E-state index contributed by atoms with van der Waals surface area (Å²) < 4.78 is 5.62. The molecular formula is C28H38O6. The fraction of sp³-hybridized carbons (Fsp3) is 0.607. The second kappa shape index (κ2) is 9.93. The molecule has 0 aliphatic heterocycles. The van der Waals surface area contributed by atoms with Gasteiger partial charge in [0.1, 0.15) is 17.3 Å². The van der Waals surface area contributed by atoms with Gasteiger partial charge < -0.3 is 14.9 Å². The van der Waals surface area contributed by atoms with E-state index in [0.29, 0.717) is 12.0 Å². The lowest BCUT2D eigenvalue weighted by atomic mass is 9.44. The minimum absolute atomic E-state index is 0.0306. The molecule has 0 radical (unpaired) electrons. The normalized spacial score (nSPS) is 23.6. The van der Waals surface area contributed by atoms with Gasteiger partial charge in [0.15, 0.2) is 0 Å². The average molecular weight is 471 g/mol. The van der Waals surface area contributed by atoms with E-state index in [0.717, 1.165) is 49.8 Å². The first-order valence-electron chi connectivity index (χ1n) is 12.4. The summed E-state index contributed by atoms with van der Waals surface area (Å²) in [5.41, 5.74) is 0.898. The van der Waals surface area contributed by atoms with Crippen LogP contribution in [-0.2, 0) is 19.8 Å². The molecule has 3 saturated carbocycles. The van der Waals surface area contributed by atoms with E-state index in [1.54, 1.807) is 12.1 Å². The summed E-state index contributed by atoms with van der Waals surface area (Å²) in [5, 5.41) is 20.1. The highest BCUT2D eigenvalue weighted by Crippen LogP contribution is 2.64. The first kappa shape index (κ1) is 26.0. The maximum Gasteiger partial charge on any atom is 0.336 e. The van der Waals surface area contributed by atoms with Crippen molar-refractivity contribution in [1.82, 2.24) is 0 Å². The van der Waals surface area contributed by atoms with Gasteiger partial charge in [-0.3, -0.25) is 4.79 Å². The molecular weight excluding hydrogens is 432 g/mol. The Labute approximate surface area is 202 Å². The number of phenols is 1. The number of fused-ring (bicyclic) bond motifs is 2. The Balaban J connectivity index is 2.00. The van der Waals surface area contributed by atoms with Crippen LogP contribution >= 0.6 is 0 Å². The van der Waals surface area contributed by atoms with Crippen LogP contribution < -0.4 is 4.74 Å². The van der Waals surface area contributed by atoms with Crippen LogP contribution in [0.5, 0.6) is 11.5 Å². The smallest absolute Gasteiger partial charge is 0.336 e. The zero-order chi connectivity index (χ0) is 25.3. The molecule has 3 aliphatic carbocycles. The molecule has 34 heavy (non-hydrogen) atoms. The second-order valence-electron chi connectivity index (χ2n) is 11.2. The van der Waals surface area contributed by atoms with Gasteiger partial charge >= 0.3 is 11.9 Å². The number of ketones is 1. The Bertz CT molecular complexity index is 987. The van der Waals surface area contributed by atoms with Gasteiger partial charge in [-0.15, -0.1) is 0 Å². The molecule has 0 unspecified atom stereocenters. The molecule has 3 aliphatic rings. The Hall–Kier alpha value is -2.63. The molecule has 0 spiro atoms. The SMILES string of the molecule is CCCCCCC(C)(C)c1cc(O)c([C@@H]2CC(=O)[C@@H]3C[C@@H]2C3(C)C)c(OC(=O)/C=C/C(=O)O)c1. The number of esters is 1. The largest absolute Gasteiger partial charge is 0.508 e. The Morgan fingerprint density at radius 1 is 1.18 bits per heavy atom. The number of hydrogen-bond acceptors (Lipinski definition) is 5. The van der Waals surface area contributed by atoms with Crippen LogP contribution in [0.2, 0.25) is 0 Å². The molecule has 186 valence electrons. The van der Waals surface area contributed by atoms with Crippen molar-refractivity contribution in [1.29, 1.82) is 0 Å². The number of carbonyl (C=O) groups is 3. The predicted octanol–water partition coefficient (Wildman–Crippen LogP) is 5.91. The van der Waals surface area contributed by atoms with Crippen molar-refractivity contribution in [2.24, 2.45) is 17.3 Å². The van der Waals surface area contributed by atoms with E-state index in [1.807, 2.05) is 0 Å². The molecule has 4 rings (SSSR count). The lowest BCUT2D eigenvalue weighted by molar-refractivity contribution is -0.151. The van der Waals surface area contributed by atoms with Crippen LogP contribution in [0.25, 0.3) is 0 Å². The number of aliphatic carboxylic acids is 1. The van der Waals surface area contributed by atoms with Gasteiger partial charge in [0, 0.05) is 36.0 Å². The highest BCUT2D eigenvalue weighted by molar-refractivity contribution is 5.92. The Morgan fingerprint density at radius 3 is 2.47 bits per heavy atom. The zero-order valence-corrected chi connectivity index (χ0v) is 21.0. The minimum Gasteiger partial charge on any atom is -0.508 e. The first-order valence-corrected chi connectivity index (χ1v) is 12.4. The number of rotatable bonds is 10. The number of ether oxygens (including phenoxy) is 1. The van der Waals surface area contributed by atoms with Crippen molar-refractivity contribution < 1.29 is 29.3 Å². The standard InChI is InChI=1S/C28H38O6/c1-6-7-8-9-12-27(2,3)17-13-22(30)26(23(14-17)34-25(33)11-10-24(31)32)18-15-21(29)20-16-19(18)28(20,4)5/h10-11,13-14,18-20,30H,6-9,12,15-16H2,1-5H3,(H,31,32)/b11-10+/t18-,19+,20+/m1/s1. The van der Waals surface area contributed by atoms with Gasteiger partial charge in [-0.25, -0.2) is 9.59 Å². The van der Waals surface area contributed by atoms with Gasteiger partial charge in [0.05, 0.1) is 0 Å².